The van der Waals surface area contributed by atoms with Gasteiger partial charge in [-0.25, -0.2) is 4.99 Å². The Kier molecular flexibility index (Phi) is 5.27. The van der Waals surface area contributed by atoms with E-state index in [1.807, 2.05) is 6.07 Å². The van der Waals surface area contributed by atoms with Crippen LogP contribution in [0.1, 0.15) is 0 Å². The summed E-state index contributed by atoms with van der Waals surface area (Å²) in [5, 5.41) is 33.7. The molecule has 0 atom stereocenters. The average Bonchev–Trinajstić information content (AvgIpc) is 2.68. The van der Waals surface area contributed by atoms with Crippen LogP contribution in [0, 0.1) is 0 Å². The van der Waals surface area contributed by atoms with E-state index in [2.05, 4.69) is 26.6 Å². The van der Waals surface area contributed by atoms with Crippen molar-refractivity contribution >= 4 is 22.9 Å². The molecule has 0 amide bonds. The van der Waals surface area contributed by atoms with Crippen LogP contribution in [0.4, 0.5) is 17.1 Å². The Morgan fingerprint density at radius 1 is 0.733 bits per heavy atom. The standard InChI is InChI=1S/C21H20N6O3/c28-17-7-1-4-14(10-17)22-20-13-21(23-15-5-2-8-18(29)11-15)26-27(25-20)24-16-6-3-9-19(30)12-16/h1-13,22,24-25,28-30H,(H,23,26). The van der Waals surface area contributed by atoms with Crippen LogP contribution < -0.4 is 21.6 Å². The Balaban J connectivity index is 1.61. The number of nitrogens with one attached hydrogen (secondary N) is 4. The van der Waals surface area contributed by atoms with E-state index in [9.17, 15) is 15.3 Å². The molecule has 3 aromatic carbocycles. The molecule has 0 unspecified atom stereocenters. The molecule has 1 heterocycles. The lowest BCUT2D eigenvalue weighted by atomic mass is 10.3. The van der Waals surface area contributed by atoms with Crippen LogP contribution in [0.25, 0.3) is 0 Å². The first-order chi connectivity index (χ1) is 14.5. The third-order valence-corrected chi connectivity index (χ3v) is 4.03. The van der Waals surface area contributed by atoms with Crippen molar-refractivity contribution in [1.82, 2.24) is 16.1 Å². The first kappa shape index (κ1) is 19.0. The maximum atomic E-state index is 9.70. The number of rotatable bonds is 5. The predicted octanol–water partition coefficient (Wildman–Crippen LogP) is 3.14. The maximum absolute atomic E-state index is 9.70. The molecule has 7 N–H and O–H groups in total. The zero-order chi connectivity index (χ0) is 20.9. The first-order valence-corrected chi connectivity index (χ1v) is 9.08. The van der Waals surface area contributed by atoms with E-state index in [1.165, 1.54) is 5.23 Å². The van der Waals surface area contributed by atoms with Crippen molar-refractivity contribution < 1.29 is 15.3 Å². The quantitative estimate of drug-likeness (QED) is 0.346. The molecule has 0 saturated carbocycles. The van der Waals surface area contributed by atoms with Gasteiger partial charge in [0.25, 0.3) is 0 Å². The van der Waals surface area contributed by atoms with Crippen LogP contribution in [0.5, 0.6) is 17.2 Å². The number of aliphatic imine (C=N–C) groups is 1. The zero-order valence-corrected chi connectivity index (χ0v) is 15.7. The Bertz CT molecular complexity index is 1120. The number of nitrogens with zero attached hydrogens (tertiary/aromatic N) is 2. The Hall–Kier alpha value is -4.37. The number of amidine groups is 1. The smallest absolute Gasteiger partial charge is 0.147 e. The summed E-state index contributed by atoms with van der Waals surface area (Å²) < 4.78 is 0. The molecule has 1 aliphatic heterocycles. The molecule has 0 aliphatic carbocycles. The van der Waals surface area contributed by atoms with Crippen LogP contribution in [-0.2, 0) is 0 Å². The lowest BCUT2D eigenvalue weighted by Gasteiger charge is -2.31. The lowest BCUT2D eigenvalue weighted by molar-refractivity contribution is 0.216. The van der Waals surface area contributed by atoms with Gasteiger partial charge in [-0.05, 0) is 41.6 Å². The molecule has 9 nitrogen and oxygen atoms in total. The van der Waals surface area contributed by atoms with Crippen LogP contribution in [0.2, 0.25) is 0 Å². The number of aromatic hydroxyl groups is 3. The summed E-state index contributed by atoms with van der Waals surface area (Å²) in [5.74, 6) is 1.40. The minimum Gasteiger partial charge on any atom is -0.508 e. The van der Waals surface area contributed by atoms with Crippen LogP contribution in [0.15, 0.2) is 89.7 Å². The summed E-state index contributed by atoms with van der Waals surface area (Å²) in [6, 6.07) is 19.9. The molecule has 0 spiro atoms. The second kappa shape index (κ2) is 8.33. The molecule has 30 heavy (non-hydrogen) atoms. The van der Waals surface area contributed by atoms with Crippen molar-refractivity contribution in [3.63, 3.8) is 0 Å². The second-order valence-corrected chi connectivity index (χ2v) is 6.47. The highest BCUT2D eigenvalue weighted by atomic mass is 16.3. The van der Waals surface area contributed by atoms with Gasteiger partial charge in [0.2, 0.25) is 0 Å². The Morgan fingerprint density at radius 3 is 2.07 bits per heavy atom. The lowest BCUT2D eigenvalue weighted by Crippen LogP contribution is -2.57. The highest BCUT2D eigenvalue weighted by Gasteiger charge is 2.16. The van der Waals surface area contributed by atoms with Crippen molar-refractivity contribution in [2.75, 3.05) is 10.7 Å². The fourth-order valence-corrected chi connectivity index (χ4v) is 2.79. The van der Waals surface area contributed by atoms with Crippen molar-refractivity contribution in [1.29, 1.82) is 0 Å². The topological polar surface area (TPSA) is 124 Å². The number of hydrogen-bond donors (Lipinski definition) is 7. The summed E-state index contributed by atoms with van der Waals surface area (Å²) in [7, 11) is 0. The van der Waals surface area contributed by atoms with Crippen molar-refractivity contribution in [2.45, 2.75) is 0 Å². The summed E-state index contributed by atoms with van der Waals surface area (Å²) >= 11 is 0. The zero-order valence-electron chi connectivity index (χ0n) is 15.7. The molecule has 0 aromatic heterocycles. The van der Waals surface area contributed by atoms with E-state index >= 15 is 0 Å². The third-order valence-electron chi connectivity index (χ3n) is 4.03. The first-order valence-electron chi connectivity index (χ1n) is 9.08. The fraction of sp³-hybridized carbons (Fsp3) is 0. The Morgan fingerprint density at radius 2 is 1.37 bits per heavy atom. The van der Waals surface area contributed by atoms with Gasteiger partial charge in [-0.3, -0.25) is 16.3 Å². The summed E-state index contributed by atoms with van der Waals surface area (Å²) in [5.41, 5.74) is 11.1. The third kappa shape index (κ3) is 4.91. The number of hydrazine groups is 3. The van der Waals surface area contributed by atoms with Crippen LogP contribution in [-0.4, -0.2) is 26.4 Å². The highest BCUT2D eigenvalue weighted by molar-refractivity contribution is 5.96. The van der Waals surface area contributed by atoms with E-state index in [4.69, 9.17) is 0 Å². The molecule has 0 radical (unpaired) electrons. The molecule has 4 rings (SSSR count). The SMILES string of the molecule is Oc1cccc(N=C2C=C(Nc3cccc(O)c3)NN(Nc3cccc(O)c3)N2)c1. The number of anilines is 2. The number of phenolic OH excluding ortho intramolecular Hbond substituents is 3. The van der Waals surface area contributed by atoms with E-state index in [1.54, 1.807) is 72.8 Å². The molecular formula is C21H20N6O3. The van der Waals surface area contributed by atoms with E-state index < -0.39 is 0 Å². The van der Waals surface area contributed by atoms with Gasteiger partial charge < -0.3 is 20.6 Å². The van der Waals surface area contributed by atoms with Crippen molar-refractivity contribution in [3.05, 3.63) is 84.7 Å². The van der Waals surface area contributed by atoms with Gasteiger partial charge in [-0.2, -0.15) is 0 Å². The summed E-state index contributed by atoms with van der Waals surface area (Å²) in [4.78, 5) is 4.51. The minimum absolute atomic E-state index is 0.114. The predicted molar refractivity (Wildman–Crippen MR) is 115 cm³/mol. The maximum Gasteiger partial charge on any atom is 0.147 e. The van der Waals surface area contributed by atoms with Gasteiger partial charge >= 0.3 is 0 Å². The van der Waals surface area contributed by atoms with Gasteiger partial charge in [0, 0.05) is 30.0 Å². The molecule has 9 heteroatoms. The van der Waals surface area contributed by atoms with Crippen LogP contribution in [0.3, 0.4) is 0 Å². The molecule has 3 aromatic rings. The van der Waals surface area contributed by atoms with Crippen molar-refractivity contribution in [3.8, 4) is 17.2 Å². The van der Waals surface area contributed by atoms with E-state index in [0.29, 0.717) is 28.7 Å². The normalized spacial score (nSPS) is 15.1. The molecule has 0 bridgehead atoms. The van der Waals surface area contributed by atoms with Gasteiger partial charge in [0.1, 0.15) is 28.9 Å². The van der Waals surface area contributed by atoms with Gasteiger partial charge in [-0.1, -0.05) is 18.2 Å². The van der Waals surface area contributed by atoms with Gasteiger partial charge in [0.15, 0.2) is 0 Å². The molecule has 1 aliphatic rings. The summed E-state index contributed by atoms with van der Waals surface area (Å²) in [6.45, 7) is 0. The van der Waals surface area contributed by atoms with Gasteiger partial charge in [0.05, 0.1) is 11.4 Å². The highest BCUT2D eigenvalue weighted by Crippen LogP contribution is 2.21. The minimum atomic E-state index is 0.114. The average molecular weight is 404 g/mol. The number of phenols is 3. The van der Waals surface area contributed by atoms with E-state index in [-0.39, 0.29) is 17.2 Å². The number of hydrogen-bond acceptors (Lipinski definition) is 8. The van der Waals surface area contributed by atoms with Crippen LogP contribution >= 0.6 is 0 Å². The van der Waals surface area contributed by atoms with Gasteiger partial charge in [-0.15, -0.1) is 0 Å². The Labute approximate surface area is 172 Å². The van der Waals surface area contributed by atoms with E-state index in [0.717, 1.165) is 0 Å². The van der Waals surface area contributed by atoms with Crippen molar-refractivity contribution in [2.24, 2.45) is 4.99 Å². The summed E-state index contributed by atoms with van der Waals surface area (Å²) in [6.07, 6.45) is 1.73. The molecule has 152 valence electrons. The number of benzene rings is 3. The monoisotopic (exact) mass is 404 g/mol. The molecule has 0 saturated heterocycles. The second-order valence-electron chi connectivity index (χ2n) is 6.47. The molecular weight excluding hydrogens is 384 g/mol. The fourth-order valence-electron chi connectivity index (χ4n) is 2.79. The largest absolute Gasteiger partial charge is 0.508 e. The molecule has 0 fully saturated rings.